The van der Waals surface area contributed by atoms with Crippen molar-refractivity contribution in [3.8, 4) is 0 Å². The zero-order chi connectivity index (χ0) is 18.7. The number of benzene rings is 1. The molecular weight excluding hydrogens is 341 g/mol. The molecule has 26 heavy (non-hydrogen) atoms. The van der Waals surface area contributed by atoms with Gasteiger partial charge in [0.2, 0.25) is 0 Å². The van der Waals surface area contributed by atoms with Crippen LogP contribution in [0.3, 0.4) is 0 Å². The van der Waals surface area contributed by atoms with Gasteiger partial charge in [0.25, 0.3) is 0 Å². The SMILES string of the molecule is CC(C)c1nccn1CCCNc1ccnc2c(C(F)(F)F)cccc12. The first-order chi connectivity index (χ1) is 12.4. The number of hydrogen-bond acceptors (Lipinski definition) is 3. The number of nitrogens with one attached hydrogen (secondary N) is 1. The van der Waals surface area contributed by atoms with Crippen molar-refractivity contribution in [1.29, 1.82) is 0 Å². The number of aromatic nitrogens is 3. The number of imidazole rings is 1. The molecule has 4 nitrogen and oxygen atoms in total. The fourth-order valence-corrected chi connectivity index (χ4v) is 3.04. The maximum atomic E-state index is 13.1. The second-order valence-electron chi connectivity index (χ2n) is 6.47. The molecule has 0 spiro atoms. The van der Waals surface area contributed by atoms with Crippen molar-refractivity contribution in [1.82, 2.24) is 14.5 Å². The Labute approximate surface area is 150 Å². The van der Waals surface area contributed by atoms with Crippen molar-refractivity contribution >= 4 is 16.6 Å². The first kappa shape index (κ1) is 18.2. The highest BCUT2D eigenvalue weighted by atomic mass is 19.4. The van der Waals surface area contributed by atoms with Crippen LogP contribution in [-0.2, 0) is 12.7 Å². The zero-order valence-corrected chi connectivity index (χ0v) is 14.7. The fraction of sp³-hybridized carbons (Fsp3) is 0.368. The number of anilines is 1. The lowest BCUT2D eigenvalue weighted by Gasteiger charge is -2.14. The van der Waals surface area contributed by atoms with E-state index < -0.39 is 11.7 Å². The molecule has 0 aliphatic heterocycles. The topological polar surface area (TPSA) is 42.7 Å². The van der Waals surface area contributed by atoms with E-state index in [2.05, 4.69) is 33.7 Å². The molecule has 0 aliphatic carbocycles. The highest BCUT2D eigenvalue weighted by Gasteiger charge is 2.33. The standard InChI is InChI=1S/C19H21F3N4/c1-13(2)18-25-10-12-26(18)11-4-8-23-16-7-9-24-17-14(16)5-3-6-15(17)19(20,21)22/h3,5-7,9-10,12-13H,4,8,11H2,1-2H3,(H,23,24). The predicted molar refractivity (Wildman–Crippen MR) is 96.2 cm³/mol. The number of aryl methyl sites for hydroxylation is 1. The number of pyridine rings is 1. The van der Waals surface area contributed by atoms with Crippen LogP contribution in [0.15, 0.2) is 42.9 Å². The van der Waals surface area contributed by atoms with Gasteiger partial charge in [0.05, 0.1) is 11.1 Å². The number of fused-ring (bicyclic) bond motifs is 1. The monoisotopic (exact) mass is 362 g/mol. The average molecular weight is 362 g/mol. The minimum Gasteiger partial charge on any atom is -0.384 e. The van der Waals surface area contributed by atoms with Gasteiger partial charge in [-0.3, -0.25) is 4.98 Å². The lowest BCUT2D eigenvalue weighted by atomic mass is 10.1. The molecule has 7 heteroatoms. The highest BCUT2D eigenvalue weighted by Crippen LogP contribution is 2.35. The Morgan fingerprint density at radius 1 is 1.12 bits per heavy atom. The molecule has 0 unspecified atom stereocenters. The van der Waals surface area contributed by atoms with Gasteiger partial charge in [-0.15, -0.1) is 0 Å². The Morgan fingerprint density at radius 2 is 1.92 bits per heavy atom. The molecule has 0 atom stereocenters. The summed E-state index contributed by atoms with van der Waals surface area (Å²) < 4.78 is 41.6. The van der Waals surface area contributed by atoms with Gasteiger partial charge in [-0.2, -0.15) is 13.2 Å². The molecular formula is C19H21F3N4. The fourth-order valence-electron chi connectivity index (χ4n) is 3.04. The Balaban J connectivity index is 1.71. The van der Waals surface area contributed by atoms with Crippen molar-refractivity contribution in [3.05, 3.63) is 54.2 Å². The first-order valence-electron chi connectivity index (χ1n) is 8.57. The molecule has 0 saturated heterocycles. The van der Waals surface area contributed by atoms with Crippen molar-refractivity contribution in [3.63, 3.8) is 0 Å². The molecule has 0 amide bonds. The smallest absolute Gasteiger partial charge is 0.384 e. The summed E-state index contributed by atoms with van der Waals surface area (Å²) in [5.74, 6) is 1.39. The molecule has 1 aromatic carbocycles. The molecule has 1 N–H and O–H groups in total. The van der Waals surface area contributed by atoms with Crippen LogP contribution in [-0.4, -0.2) is 21.1 Å². The van der Waals surface area contributed by atoms with Crippen LogP contribution in [0, 0.1) is 0 Å². The van der Waals surface area contributed by atoms with E-state index in [1.54, 1.807) is 18.3 Å². The van der Waals surface area contributed by atoms with E-state index in [1.165, 1.54) is 12.3 Å². The van der Waals surface area contributed by atoms with E-state index in [0.29, 0.717) is 23.5 Å². The van der Waals surface area contributed by atoms with Gasteiger partial charge in [0.15, 0.2) is 0 Å². The largest absolute Gasteiger partial charge is 0.418 e. The van der Waals surface area contributed by atoms with E-state index in [-0.39, 0.29) is 5.52 Å². The molecule has 3 rings (SSSR count). The van der Waals surface area contributed by atoms with Gasteiger partial charge in [-0.25, -0.2) is 4.98 Å². The van der Waals surface area contributed by atoms with Gasteiger partial charge in [-0.1, -0.05) is 26.0 Å². The summed E-state index contributed by atoms with van der Waals surface area (Å²) in [4.78, 5) is 8.29. The number of para-hydroxylation sites is 1. The molecule has 138 valence electrons. The van der Waals surface area contributed by atoms with Gasteiger partial charge in [-0.05, 0) is 18.6 Å². The average Bonchev–Trinajstić information content (AvgIpc) is 3.06. The molecule has 3 aromatic rings. The second kappa shape index (κ2) is 7.35. The Kier molecular flexibility index (Phi) is 5.15. The molecule has 0 aliphatic rings. The van der Waals surface area contributed by atoms with Crippen molar-refractivity contribution in [2.75, 3.05) is 11.9 Å². The predicted octanol–water partition coefficient (Wildman–Crippen LogP) is 5.08. The maximum Gasteiger partial charge on any atom is 0.418 e. The number of halogens is 3. The quantitative estimate of drug-likeness (QED) is 0.622. The summed E-state index contributed by atoms with van der Waals surface area (Å²) in [5.41, 5.74) is -0.0730. The molecule has 0 bridgehead atoms. The van der Waals surface area contributed by atoms with Gasteiger partial charge >= 0.3 is 6.18 Å². The van der Waals surface area contributed by atoms with Crippen LogP contribution >= 0.6 is 0 Å². The third kappa shape index (κ3) is 3.81. The van der Waals surface area contributed by atoms with Crippen LogP contribution in [0.1, 0.15) is 37.6 Å². The van der Waals surface area contributed by atoms with Crippen molar-refractivity contribution in [2.24, 2.45) is 0 Å². The number of nitrogens with zero attached hydrogens (tertiary/aromatic N) is 3. The van der Waals surface area contributed by atoms with Crippen LogP contribution in [0.25, 0.3) is 10.9 Å². The first-order valence-corrected chi connectivity index (χ1v) is 8.57. The van der Waals surface area contributed by atoms with E-state index in [0.717, 1.165) is 24.9 Å². The molecule has 0 saturated carbocycles. The summed E-state index contributed by atoms with van der Waals surface area (Å²) in [5, 5.41) is 3.72. The Bertz CT molecular complexity index is 884. The van der Waals surface area contributed by atoms with Gasteiger partial charge in [0, 0.05) is 48.7 Å². The Morgan fingerprint density at radius 3 is 2.65 bits per heavy atom. The van der Waals surface area contributed by atoms with Gasteiger partial charge < -0.3 is 9.88 Å². The molecule has 2 heterocycles. The minimum absolute atomic E-state index is 0.0262. The third-order valence-electron chi connectivity index (χ3n) is 4.23. The van der Waals surface area contributed by atoms with Crippen LogP contribution in [0.4, 0.5) is 18.9 Å². The zero-order valence-electron chi connectivity index (χ0n) is 14.7. The third-order valence-corrected chi connectivity index (χ3v) is 4.23. The van der Waals surface area contributed by atoms with Crippen molar-refractivity contribution in [2.45, 2.75) is 38.9 Å². The molecule has 0 fully saturated rings. The van der Waals surface area contributed by atoms with E-state index >= 15 is 0 Å². The van der Waals surface area contributed by atoms with Crippen LogP contribution < -0.4 is 5.32 Å². The summed E-state index contributed by atoms with van der Waals surface area (Å²) in [6, 6.07) is 5.84. The number of hydrogen-bond donors (Lipinski definition) is 1. The van der Waals surface area contributed by atoms with E-state index in [4.69, 9.17) is 0 Å². The molecule has 0 radical (unpaired) electrons. The van der Waals surface area contributed by atoms with E-state index in [9.17, 15) is 13.2 Å². The summed E-state index contributed by atoms with van der Waals surface area (Å²) in [7, 11) is 0. The number of alkyl halides is 3. The van der Waals surface area contributed by atoms with Crippen LogP contribution in [0.2, 0.25) is 0 Å². The minimum atomic E-state index is -4.42. The summed E-state index contributed by atoms with van der Waals surface area (Å²) in [6.45, 7) is 5.64. The van der Waals surface area contributed by atoms with Crippen molar-refractivity contribution < 1.29 is 13.2 Å². The van der Waals surface area contributed by atoms with Gasteiger partial charge in [0.1, 0.15) is 5.82 Å². The summed E-state index contributed by atoms with van der Waals surface area (Å²) in [6.07, 6.45) is 1.57. The number of rotatable bonds is 6. The van der Waals surface area contributed by atoms with Crippen LogP contribution in [0.5, 0.6) is 0 Å². The van der Waals surface area contributed by atoms with E-state index in [1.807, 2.05) is 6.20 Å². The Hall–Kier alpha value is -2.57. The normalized spacial score (nSPS) is 12.1. The maximum absolute atomic E-state index is 13.1. The lowest BCUT2D eigenvalue weighted by molar-refractivity contribution is -0.136. The molecule has 2 aromatic heterocycles. The summed E-state index contributed by atoms with van der Waals surface area (Å²) >= 11 is 0. The highest BCUT2D eigenvalue weighted by molar-refractivity contribution is 5.93. The second-order valence-corrected chi connectivity index (χ2v) is 6.47. The lowest BCUT2D eigenvalue weighted by Crippen LogP contribution is -2.10.